The number of hydrogen-bond donors (Lipinski definition) is 0. The van der Waals surface area contributed by atoms with Gasteiger partial charge in [0.2, 0.25) is 10.0 Å². The highest BCUT2D eigenvalue weighted by atomic mass is 79.9. The second-order valence-electron chi connectivity index (χ2n) is 6.18. The molecule has 2 fully saturated rings. The largest absolute Gasteiger partial charge is 0.378 e. The van der Waals surface area contributed by atoms with Crippen LogP contribution in [0.5, 0.6) is 0 Å². The number of aryl methyl sites for hydroxylation is 1. The van der Waals surface area contributed by atoms with Crippen LogP contribution in [0, 0.1) is 6.92 Å². The second kappa shape index (κ2) is 7.61. The topological polar surface area (TPSA) is 70.2 Å². The molecular formula is C16H22BrN3O4S. The summed E-state index contributed by atoms with van der Waals surface area (Å²) in [6.45, 7) is 5.61. The van der Waals surface area contributed by atoms with E-state index in [1.807, 2.05) is 6.92 Å². The zero-order valence-electron chi connectivity index (χ0n) is 14.1. The van der Waals surface area contributed by atoms with Gasteiger partial charge in [0, 0.05) is 43.7 Å². The highest BCUT2D eigenvalue weighted by Crippen LogP contribution is 2.23. The summed E-state index contributed by atoms with van der Waals surface area (Å²) in [4.78, 5) is 16.3. The molecule has 0 aliphatic carbocycles. The van der Waals surface area contributed by atoms with Gasteiger partial charge in [0.1, 0.15) is 0 Å². The summed E-state index contributed by atoms with van der Waals surface area (Å²) < 4.78 is 33.2. The van der Waals surface area contributed by atoms with Gasteiger partial charge in [-0.25, -0.2) is 13.2 Å². The van der Waals surface area contributed by atoms with Gasteiger partial charge in [0.05, 0.1) is 18.1 Å². The van der Waals surface area contributed by atoms with Crippen molar-refractivity contribution >= 4 is 32.0 Å². The molecule has 0 unspecified atom stereocenters. The molecule has 2 heterocycles. The van der Waals surface area contributed by atoms with E-state index in [4.69, 9.17) is 4.74 Å². The Balaban J connectivity index is 1.64. The maximum atomic E-state index is 12.8. The number of carbonyl (C=O) groups is 1. The number of ether oxygens (including phenoxy) is 1. The molecule has 2 amide bonds. The highest BCUT2D eigenvalue weighted by Gasteiger charge is 2.32. The third-order valence-corrected chi connectivity index (χ3v) is 7.34. The van der Waals surface area contributed by atoms with Crippen LogP contribution in [0.15, 0.2) is 27.6 Å². The number of halogens is 1. The first-order valence-corrected chi connectivity index (χ1v) is 10.5. The normalized spacial score (nSPS) is 19.9. The van der Waals surface area contributed by atoms with Crippen molar-refractivity contribution in [2.24, 2.45) is 0 Å². The van der Waals surface area contributed by atoms with Gasteiger partial charge in [-0.05, 0) is 30.7 Å². The molecule has 0 aromatic heterocycles. The zero-order valence-corrected chi connectivity index (χ0v) is 16.6. The van der Waals surface area contributed by atoms with E-state index in [0.29, 0.717) is 57.4 Å². The first-order valence-electron chi connectivity index (χ1n) is 8.27. The van der Waals surface area contributed by atoms with Crippen molar-refractivity contribution in [2.75, 3.05) is 52.5 Å². The minimum absolute atomic E-state index is 0.0279. The molecule has 2 aliphatic rings. The quantitative estimate of drug-likeness (QED) is 0.711. The molecule has 0 saturated carbocycles. The first-order chi connectivity index (χ1) is 11.9. The number of amides is 2. The van der Waals surface area contributed by atoms with E-state index in [0.717, 1.165) is 10.0 Å². The van der Waals surface area contributed by atoms with Gasteiger partial charge in [0.15, 0.2) is 0 Å². The highest BCUT2D eigenvalue weighted by molar-refractivity contribution is 9.10. The Kier molecular flexibility index (Phi) is 5.67. The number of morpholine rings is 1. The molecule has 2 aliphatic heterocycles. The predicted molar refractivity (Wildman–Crippen MR) is 97.0 cm³/mol. The lowest BCUT2D eigenvalue weighted by Gasteiger charge is -2.38. The molecule has 3 rings (SSSR count). The molecule has 0 atom stereocenters. The fourth-order valence-corrected chi connectivity index (χ4v) is 4.76. The van der Waals surface area contributed by atoms with E-state index in [-0.39, 0.29) is 6.03 Å². The number of urea groups is 1. The minimum Gasteiger partial charge on any atom is -0.378 e. The Bertz CT molecular complexity index is 742. The molecular weight excluding hydrogens is 410 g/mol. The number of benzene rings is 1. The lowest BCUT2D eigenvalue weighted by Crippen LogP contribution is -2.55. The minimum atomic E-state index is -3.53. The van der Waals surface area contributed by atoms with Gasteiger partial charge in [-0.15, -0.1) is 0 Å². The average Bonchev–Trinajstić information content (AvgIpc) is 2.64. The van der Waals surface area contributed by atoms with Crippen molar-refractivity contribution in [3.63, 3.8) is 0 Å². The van der Waals surface area contributed by atoms with Crippen molar-refractivity contribution in [3.8, 4) is 0 Å². The fraction of sp³-hybridized carbons (Fsp3) is 0.562. The number of piperazine rings is 1. The maximum Gasteiger partial charge on any atom is 0.320 e. The summed E-state index contributed by atoms with van der Waals surface area (Å²) in [5, 5.41) is 0. The lowest BCUT2D eigenvalue weighted by molar-refractivity contribution is 0.0405. The molecule has 0 N–H and O–H groups in total. The second-order valence-corrected chi connectivity index (χ2v) is 8.98. The van der Waals surface area contributed by atoms with E-state index >= 15 is 0 Å². The van der Waals surface area contributed by atoms with Crippen molar-refractivity contribution in [1.29, 1.82) is 0 Å². The summed E-state index contributed by atoms with van der Waals surface area (Å²) in [7, 11) is -3.53. The van der Waals surface area contributed by atoms with Gasteiger partial charge >= 0.3 is 6.03 Å². The Morgan fingerprint density at radius 2 is 1.64 bits per heavy atom. The van der Waals surface area contributed by atoms with Crippen molar-refractivity contribution in [1.82, 2.24) is 14.1 Å². The average molecular weight is 432 g/mol. The first kappa shape index (κ1) is 18.6. The molecule has 0 bridgehead atoms. The Labute approximate surface area is 156 Å². The monoisotopic (exact) mass is 431 g/mol. The SMILES string of the molecule is Cc1cc(S(=O)(=O)N2CCN(C(=O)N3CCOCC3)CC2)ccc1Br. The zero-order chi connectivity index (χ0) is 18.0. The molecule has 25 heavy (non-hydrogen) atoms. The van der Waals surface area contributed by atoms with E-state index < -0.39 is 10.0 Å². The summed E-state index contributed by atoms with van der Waals surface area (Å²) >= 11 is 3.39. The van der Waals surface area contributed by atoms with Gasteiger partial charge in [-0.2, -0.15) is 4.31 Å². The van der Waals surface area contributed by atoms with Crippen LogP contribution < -0.4 is 0 Å². The van der Waals surface area contributed by atoms with Gasteiger partial charge < -0.3 is 14.5 Å². The molecule has 2 saturated heterocycles. The van der Waals surface area contributed by atoms with Crippen LogP contribution in [0.3, 0.4) is 0 Å². The van der Waals surface area contributed by atoms with E-state index in [1.54, 1.807) is 28.0 Å². The third-order valence-electron chi connectivity index (χ3n) is 4.56. The molecule has 0 radical (unpaired) electrons. The Morgan fingerprint density at radius 3 is 2.24 bits per heavy atom. The van der Waals surface area contributed by atoms with Crippen LogP contribution in [-0.2, 0) is 14.8 Å². The molecule has 0 spiro atoms. The van der Waals surface area contributed by atoms with Gasteiger partial charge in [0.25, 0.3) is 0 Å². The molecule has 1 aromatic carbocycles. The van der Waals surface area contributed by atoms with Crippen molar-refractivity contribution in [2.45, 2.75) is 11.8 Å². The summed E-state index contributed by atoms with van der Waals surface area (Å²) in [6, 6.07) is 5.00. The fourth-order valence-electron chi connectivity index (χ4n) is 3.00. The number of sulfonamides is 1. The van der Waals surface area contributed by atoms with Crippen LogP contribution >= 0.6 is 15.9 Å². The maximum absolute atomic E-state index is 12.8. The molecule has 9 heteroatoms. The van der Waals surface area contributed by atoms with E-state index in [2.05, 4.69) is 15.9 Å². The third kappa shape index (κ3) is 3.99. The summed E-state index contributed by atoms with van der Waals surface area (Å²) in [5.74, 6) is 0. The smallest absolute Gasteiger partial charge is 0.320 e. The van der Waals surface area contributed by atoms with Crippen LogP contribution in [-0.4, -0.2) is 81.0 Å². The Hall–Kier alpha value is -1.16. The standard InChI is InChI=1S/C16H22BrN3O4S/c1-13-12-14(2-3-15(13)17)25(22,23)20-6-4-18(5-7-20)16(21)19-8-10-24-11-9-19/h2-3,12H,4-11H2,1H3. The van der Waals surface area contributed by atoms with Gasteiger partial charge in [-0.3, -0.25) is 0 Å². The lowest BCUT2D eigenvalue weighted by atomic mass is 10.2. The van der Waals surface area contributed by atoms with Crippen LogP contribution in [0.2, 0.25) is 0 Å². The summed E-state index contributed by atoms with van der Waals surface area (Å²) in [6.07, 6.45) is 0. The number of rotatable bonds is 2. The number of carbonyl (C=O) groups excluding carboxylic acids is 1. The van der Waals surface area contributed by atoms with Crippen LogP contribution in [0.1, 0.15) is 5.56 Å². The molecule has 138 valence electrons. The Morgan fingerprint density at radius 1 is 1.04 bits per heavy atom. The number of hydrogen-bond acceptors (Lipinski definition) is 4. The van der Waals surface area contributed by atoms with Crippen molar-refractivity contribution in [3.05, 3.63) is 28.2 Å². The number of nitrogens with zero attached hydrogens (tertiary/aromatic N) is 3. The van der Waals surface area contributed by atoms with Crippen molar-refractivity contribution < 1.29 is 17.9 Å². The van der Waals surface area contributed by atoms with Crippen LogP contribution in [0.4, 0.5) is 4.79 Å². The van der Waals surface area contributed by atoms with Crippen LogP contribution in [0.25, 0.3) is 0 Å². The van der Waals surface area contributed by atoms with E-state index in [9.17, 15) is 13.2 Å². The molecule has 7 nitrogen and oxygen atoms in total. The predicted octanol–water partition coefficient (Wildman–Crippen LogP) is 1.52. The van der Waals surface area contributed by atoms with Gasteiger partial charge in [-0.1, -0.05) is 15.9 Å². The molecule has 1 aromatic rings. The summed E-state index contributed by atoms with van der Waals surface area (Å²) in [5.41, 5.74) is 0.877. The van der Waals surface area contributed by atoms with E-state index in [1.165, 1.54) is 4.31 Å².